The Labute approximate surface area is 125 Å². The third-order valence-corrected chi connectivity index (χ3v) is 2.94. The third kappa shape index (κ3) is 4.74. The Hall–Kier alpha value is -2.10. The zero-order chi connectivity index (χ0) is 16.0. The normalized spacial score (nSPS) is 11.5. The number of allylic oxidation sites excluding steroid dienone is 1. The van der Waals surface area contributed by atoms with Gasteiger partial charge in [-0.1, -0.05) is 20.8 Å². The van der Waals surface area contributed by atoms with Crippen LogP contribution in [-0.4, -0.2) is 25.5 Å². The van der Waals surface area contributed by atoms with Crippen LogP contribution in [0.4, 0.5) is 0 Å². The Balaban J connectivity index is 3.13. The molecule has 1 aromatic rings. The number of rotatable bonds is 5. The first-order chi connectivity index (χ1) is 9.79. The summed E-state index contributed by atoms with van der Waals surface area (Å²) in [6.45, 7) is 8.67. The van der Waals surface area contributed by atoms with E-state index in [9.17, 15) is 9.59 Å². The summed E-state index contributed by atoms with van der Waals surface area (Å²) in [5.74, 6) is -0.0159. The van der Waals surface area contributed by atoms with Crippen LogP contribution in [0.1, 0.15) is 43.6 Å². The summed E-state index contributed by atoms with van der Waals surface area (Å²) in [6, 6.07) is 5.31. The van der Waals surface area contributed by atoms with E-state index in [-0.39, 0.29) is 11.2 Å². The van der Waals surface area contributed by atoms with Crippen LogP contribution in [-0.2, 0) is 14.9 Å². The van der Waals surface area contributed by atoms with E-state index in [0.29, 0.717) is 12.2 Å². The minimum atomic E-state index is -0.551. The van der Waals surface area contributed by atoms with E-state index in [1.807, 2.05) is 13.0 Å². The Morgan fingerprint density at radius 2 is 1.86 bits per heavy atom. The van der Waals surface area contributed by atoms with E-state index < -0.39 is 5.97 Å². The Bertz CT molecular complexity index is 550. The molecule has 0 aromatic heterocycles. The van der Waals surface area contributed by atoms with Gasteiger partial charge in [0, 0.05) is 17.2 Å². The lowest BCUT2D eigenvalue weighted by atomic mass is 9.85. The maximum absolute atomic E-state index is 12.1. The van der Waals surface area contributed by atoms with Crippen molar-refractivity contribution < 1.29 is 19.1 Å². The van der Waals surface area contributed by atoms with Crippen LogP contribution in [0.25, 0.3) is 0 Å². The molecular formula is C17H22O4. The van der Waals surface area contributed by atoms with Gasteiger partial charge in [-0.25, -0.2) is 4.79 Å². The van der Waals surface area contributed by atoms with Crippen molar-refractivity contribution in [3.05, 3.63) is 41.5 Å². The molecule has 114 valence electrons. The van der Waals surface area contributed by atoms with Crippen molar-refractivity contribution in [1.82, 2.24) is 0 Å². The second-order valence-corrected chi connectivity index (χ2v) is 5.61. The number of methoxy groups -OCH3 is 1. The van der Waals surface area contributed by atoms with Gasteiger partial charge in [0.15, 0.2) is 5.78 Å². The molecule has 4 heteroatoms. The van der Waals surface area contributed by atoms with Gasteiger partial charge >= 0.3 is 5.97 Å². The molecule has 0 atom stereocenters. The van der Waals surface area contributed by atoms with Gasteiger partial charge in [0.2, 0.25) is 0 Å². The summed E-state index contributed by atoms with van der Waals surface area (Å²) in [6.07, 6.45) is 2.34. The summed E-state index contributed by atoms with van der Waals surface area (Å²) in [7, 11) is 1.27. The summed E-state index contributed by atoms with van der Waals surface area (Å²) >= 11 is 0. The number of carbonyl (C=O) groups excluding carboxylic acids is 2. The van der Waals surface area contributed by atoms with Gasteiger partial charge < -0.3 is 9.47 Å². The number of carbonyl (C=O) groups is 2. The lowest BCUT2D eigenvalue weighted by Crippen LogP contribution is -2.14. The van der Waals surface area contributed by atoms with Crippen LogP contribution < -0.4 is 4.74 Å². The van der Waals surface area contributed by atoms with Gasteiger partial charge in [0.25, 0.3) is 0 Å². The molecule has 1 aromatic carbocycles. The van der Waals surface area contributed by atoms with E-state index in [2.05, 4.69) is 25.5 Å². The van der Waals surface area contributed by atoms with Crippen molar-refractivity contribution >= 4 is 11.8 Å². The standard InChI is InChI=1S/C17H22O4/c1-6-21-15-9-7-12(11-13(15)17(2,3)4)14(18)8-10-16(19)20-5/h7-11H,6H2,1-5H3/b10-8+. The van der Waals surface area contributed by atoms with E-state index in [0.717, 1.165) is 17.4 Å². The van der Waals surface area contributed by atoms with E-state index in [4.69, 9.17) is 4.74 Å². The fraction of sp³-hybridized carbons (Fsp3) is 0.412. The average molecular weight is 290 g/mol. The molecule has 0 saturated heterocycles. The van der Waals surface area contributed by atoms with Crippen molar-refractivity contribution in [2.45, 2.75) is 33.1 Å². The molecule has 1 rings (SSSR count). The summed E-state index contributed by atoms with van der Waals surface area (Å²) < 4.78 is 10.1. The smallest absolute Gasteiger partial charge is 0.330 e. The van der Waals surface area contributed by atoms with Gasteiger partial charge in [-0.05, 0) is 36.6 Å². The number of ketones is 1. The highest BCUT2D eigenvalue weighted by molar-refractivity contribution is 6.07. The number of esters is 1. The molecule has 0 heterocycles. The zero-order valence-electron chi connectivity index (χ0n) is 13.2. The Kier molecular flexibility index (Phi) is 5.70. The lowest BCUT2D eigenvalue weighted by Gasteiger charge is -2.23. The fourth-order valence-corrected chi connectivity index (χ4v) is 1.86. The highest BCUT2D eigenvalue weighted by atomic mass is 16.5. The van der Waals surface area contributed by atoms with Crippen LogP contribution in [0.5, 0.6) is 5.75 Å². The number of ether oxygens (including phenoxy) is 2. The molecule has 21 heavy (non-hydrogen) atoms. The molecule has 0 aliphatic rings. The molecule has 0 N–H and O–H groups in total. The van der Waals surface area contributed by atoms with Gasteiger partial charge in [-0.2, -0.15) is 0 Å². The SMILES string of the molecule is CCOc1ccc(C(=O)/C=C/C(=O)OC)cc1C(C)(C)C. The minimum Gasteiger partial charge on any atom is -0.494 e. The molecule has 0 aliphatic heterocycles. The van der Waals surface area contributed by atoms with Gasteiger partial charge in [-0.3, -0.25) is 4.79 Å². The zero-order valence-corrected chi connectivity index (χ0v) is 13.2. The fourth-order valence-electron chi connectivity index (χ4n) is 1.86. The molecule has 0 radical (unpaired) electrons. The molecular weight excluding hydrogens is 268 g/mol. The predicted molar refractivity (Wildman–Crippen MR) is 81.8 cm³/mol. The maximum atomic E-state index is 12.1. The number of benzene rings is 1. The molecule has 0 spiro atoms. The average Bonchev–Trinajstić information content (AvgIpc) is 2.43. The van der Waals surface area contributed by atoms with E-state index in [1.54, 1.807) is 12.1 Å². The first-order valence-electron chi connectivity index (χ1n) is 6.87. The quantitative estimate of drug-likeness (QED) is 0.474. The monoisotopic (exact) mass is 290 g/mol. The summed E-state index contributed by atoms with van der Waals surface area (Å²) in [5, 5.41) is 0. The van der Waals surface area contributed by atoms with E-state index in [1.165, 1.54) is 13.2 Å². The Morgan fingerprint density at radius 1 is 1.19 bits per heavy atom. The number of hydrogen-bond donors (Lipinski definition) is 0. The Morgan fingerprint density at radius 3 is 2.38 bits per heavy atom. The lowest BCUT2D eigenvalue weighted by molar-refractivity contribution is -0.134. The van der Waals surface area contributed by atoms with Crippen molar-refractivity contribution in [3.8, 4) is 5.75 Å². The molecule has 0 aliphatic carbocycles. The maximum Gasteiger partial charge on any atom is 0.330 e. The summed E-state index contributed by atoms with van der Waals surface area (Å²) in [5.41, 5.74) is 1.33. The van der Waals surface area contributed by atoms with Gasteiger partial charge in [-0.15, -0.1) is 0 Å². The number of hydrogen-bond acceptors (Lipinski definition) is 4. The van der Waals surface area contributed by atoms with Gasteiger partial charge in [0.05, 0.1) is 13.7 Å². The van der Waals surface area contributed by atoms with Gasteiger partial charge in [0.1, 0.15) is 5.75 Å². The largest absolute Gasteiger partial charge is 0.494 e. The third-order valence-electron chi connectivity index (χ3n) is 2.94. The van der Waals surface area contributed by atoms with Crippen molar-refractivity contribution in [1.29, 1.82) is 0 Å². The first-order valence-corrected chi connectivity index (χ1v) is 6.87. The molecule has 0 saturated carbocycles. The summed E-state index contributed by atoms with van der Waals surface area (Å²) in [4.78, 5) is 23.1. The molecule has 0 fully saturated rings. The van der Waals surface area contributed by atoms with E-state index >= 15 is 0 Å². The first kappa shape index (κ1) is 17.0. The molecule has 0 unspecified atom stereocenters. The van der Waals surface area contributed by atoms with Crippen LogP contribution in [0.2, 0.25) is 0 Å². The highest BCUT2D eigenvalue weighted by Crippen LogP contribution is 2.32. The minimum absolute atomic E-state index is 0.146. The second-order valence-electron chi connectivity index (χ2n) is 5.61. The molecule has 0 amide bonds. The van der Waals surface area contributed by atoms with Crippen LogP contribution >= 0.6 is 0 Å². The van der Waals surface area contributed by atoms with Crippen LogP contribution in [0.15, 0.2) is 30.4 Å². The molecule has 4 nitrogen and oxygen atoms in total. The highest BCUT2D eigenvalue weighted by Gasteiger charge is 2.20. The van der Waals surface area contributed by atoms with Crippen LogP contribution in [0, 0.1) is 0 Å². The topological polar surface area (TPSA) is 52.6 Å². The van der Waals surface area contributed by atoms with Crippen LogP contribution in [0.3, 0.4) is 0 Å². The van der Waals surface area contributed by atoms with Crippen molar-refractivity contribution in [3.63, 3.8) is 0 Å². The predicted octanol–water partition coefficient (Wildman–Crippen LogP) is 3.29. The second kappa shape index (κ2) is 7.07. The van der Waals surface area contributed by atoms with Crippen molar-refractivity contribution in [2.75, 3.05) is 13.7 Å². The van der Waals surface area contributed by atoms with Crippen molar-refractivity contribution in [2.24, 2.45) is 0 Å². The molecule has 0 bridgehead atoms.